The fourth-order valence-corrected chi connectivity index (χ4v) is 3.30. The van der Waals surface area contributed by atoms with Crippen LogP contribution in [0.4, 0.5) is 0 Å². The molecule has 1 N–H and O–H groups in total. The summed E-state index contributed by atoms with van der Waals surface area (Å²) in [7, 11) is 4.08. The highest BCUT2D eigenvalue weighted by Gasteiger charge is 2.29. The number of rotatable bonds is 6. The molecule has 6 nitrogen and oxygen atoms in total. The van der Waals surface area contributed by atoms with E-state index in [1.807, 2.05) is 14.1 Å². The maximum atomic E-state index is 12.4. The second-order valence-corrected chi connectivity index (χ2v) is 7.70. The van der Waals surface area contributed by atoms with Gasteiger partial charge in [0.25, 0.3) is 5.91 Å². The lowest BCUT2D eigenvalue weighted by atomic mass is 9.91. The van der Waals surface area contributed by atoms with Crippen LogP contribution in [0.5, 0.6) is 0 Å². The van der Waals surface area contributed by atoms with E-state index >= 15 is 0 Å². The summed E-state index contributed by atoms with van der Waals surface area (Å²) in [5.41, 5.74) is 0.611. The summed E-state index contributed by atoms with van der Waals surface area (Å²) < 4.78 is 4.96. The summed E-state index contributed by atoms with van der Waals surface area (Å²) in [5.74, 6) is 0.0838. The van der Waals surface area contributed by atoms with Crippen molar-refractivity contribution < 1.29 is 14.0 Å². The number of nitrogens with one attached hydrogen (secondary N) is 1. The Morgan fingerprint density at radius 3 is 2.54 bits per heavy atom. The highest BCUT2D eigenvalue weighted by Crippen LogP contribution is 2.20. The molecule has 0 bridgehead atoms. The Morgan fingerprint density at radius 1 is 1.33 bits per heavy atom. The maximum Gasteiger partial charge on any atom is 0.257 e. The van der Waals surface area contributed by atoms with Crippen molar-refractivity contribution in [3.05, 3.63) is 24.2 Å². The number of carbonyl (C=O) groups is 2. The summed E-state index contributed by atoms with van der Waals surface area (Å²) in [6.45, 7) is 7.12. The van der Waals surface area contributed by atoms with Crippen LogP contribution in [-0.2, 0) is 4.79 Å². The molecule has 2 amide bonds. The van der Waals surface area contributed by atoms with Gasteiger partial charge >= 0.3 is 0 Å². The van der Waals surface area contributed by atoms with Crippen molar-refractivity contribution in [2.45, 2.75) is 26.7 Å². The second-order valence-electron chi connectivity index (χ2n) is 7.70. The molecular formula is C18H29N3O3. The fraction of sp³-hybridized carbons (Fsp3) is 0.667. The summed E-state index contributed by atoms with van der Waals surface area (Å²) in [5, 5.41) is 3.09. The second kappa shape index (κ2) is 7.83. The molecule has 0 atom stereocenters. The van der Waals surface area contributed by atoms with E-state index in [0.29, 0.717) is 38.0 Å². The van der Waals surface area contributed by atoms with Gasteiger partial charge in [0.1, 0.15) is 6.26 Å². The quantitative estimate of drug-likeness (QED) is 0.861. The van der Waals surface area contributed by atoms with Gasteiger partial charge in [-0.2, -0.15) is 0 Å². The van der Waals surface area contributed by atoms with Crippen LogP contribution in [0.15, 0.2) is 23.0 Å². The first-order valence-electron chi connectivity index (χ1n) is 8.52. The monoisotopic (exact) mass is 335 g/mol. The van der Waals surface area contributed by atoms with E-state index in [1.54, 1.807) is 11.0 Å². The lowest BCUT2D eigenvalue weighted by Gasteiger charge is -2.33. The first kappa shape index (κ1) is 18.5. The average Bonchev–Trinajstić information content (AvgIpc) is 3.05. The third kappa shape index (κ3) is 5.09. The number of carbonyl (C=O) groups excluding carboxylic acids is 2. The van der Waals surface area contributed by atoms with Gasteiger partial charge in [-0.25, -0.2) is 0 Å². The first-order valence-corrected chi connectivity index (χ1v) is 8.52. The number of furan rings is 1. The first-order chi connectivity index (χ1) is 11.3. The van der Waals surface area contributed by atoms with Crippen molar-refractivity contribution in [1.29, 1.82) is 0 Å². The van der Waals surface area contributed by atoms with Crippen LogP contribution in [0.3, 0.4) is 0 Å². The number of nitrogens with zero attached hydrogens (tertiary/aromatic N) is 2. The van der Waals surface area contributed by atoms with Gasteiger partial charge < -0.3 is 19.5 Å². The zero-order valence-electron chi connectivity index (χ0n) is 15.2. The number of piperidine rings is 1. The molecule has 1 aromatic rings. The van der Waals surface area contributed by atoms with E-state index in [9.17, 15) is 9.59 Å². The molecular weight excluding hydrogens is 306 g/mol. The van der Waals surface area contributed by atoms with Crippen molar-refractivity contribution in [2.24, 2.45) is 11.3 Å². The molecule has 0 aromatic carbocycles. The molecule has 0 aliphatic carbocycles. The van der Waals surface area contributed by atoms with Gasteiger partial charge in [-0.15, -0.1) is 0 Å². The molecule has 0 radical (unpaired) electrons. The molecule has 0 unspecified atom stereocenters. The molecule has 1 aliphatic heterocycles. The smallest absolute Gasteiger partial charge is 0.257 e. The standard InChI is InChI=1S/C18H29N3O3/c1-18(2,13-20(3)4)12-19-16(22)14-5-8-21(9-6-14)17(23)15-7-10-24-11-15/h7,10-11,14H,5-6,8-9,12-13H2,1-4H3,(H,19,22). The van der Waals surface area contributed by atoms with Crippen molar-refractivity contribution >= 4 is 11.8 Å². The van der Waals surface area contributed by atoms with E-state index in [0.717, 1.165) is 6.54 Å². The normalized spacial score (nSPS) is 16.5. The van der Waals surface area contributed by atoms with Crippen LogP contribution < -0.4 is 5.32 Å². The van der Waals surface area contributed by atoms with Gasteiger partial charge in [-0.1, -0.05) is 13.8 Å². The molecule has 1 saturated heterocycles. The third-order valence-corrected chi connectivity index (χ3v) is 4.41. The Bertz CT molecular complexity index is 544. The number of hydrogen-bond donors (Lipinski definition) is 1. The Morgan fingerprint density at radius 2 is 2.00 bits per heavy atom. The number of amides is 2. The molecule has 134 valence electrons. The van der Waals surface area contributed by atoms with Crippen LogP contribution in [-0.4, -0.2) is 61.9 Å². The van der Waals surface area contributed by atoms with E-state index in [4.69, 9.17) is 4.42 Å². The molecule has 2 heterocycles. The maximum absolute atomic E-state index is 12.4. The lowest BCUT2D eigenvalue weighted by Crippen LogP contribution is -2.46. The zero-order chi connectivity index (χ0) is 17.7. The van der Waals surface area contributed by atoms with Gasteiger partial charge in [0, 0.05) is 32.1 Å². The van der Waals surface area contributed by atoms with Crippen LogP contribution in [0.25, 0.3) is 0 Å². The molecule has 1 aliphatic rings. The average molecular weight is 335 g/mol. The minimum atomic E-state index is -0.0188. The Kier molecular flexibility index (Phi) is 6.04. The Labute approximate surface area is 144 Å². The summed E-state index contributed by atoms with van der Waals surface area (Å²) in [4.78, 5) is 28.6. The molecule has 2 rings (SSSR count). The SMILES string of the molecule is CN(C)CC(C)(C)CNC(=O)C1CCN(C(=O)c2ccoc2)CC1. The lowest BCUT2D eigenvalue weighted by molar-refractivity contribution is -0.126. The Hall–Kier alpha value is -1.82. The topological polar surface area (TPSA) is 65.8 Å². The summed E-state index contributed by atoms with van der Waals surface area (Å²) in [6.07, 6.45) is 4.39. The largest absolute Gasteiger partial charge is 0.472 e. The van der Waals surface area contributed by atoms with E-state index in [2.05, 4.69) is 24.1 Å². The molecule has 6 heteroatoms. The van der Waals surface area contributed by atoms with Crippen LogP contribution >= 0.6 is 0 Å². The van der Waals surface area contributed by atoms with Gasteiger partial charge in [0.15, 0.2) is 0 Å². The molecule has 1 fully saturated rings. The predicted molar refractivity (Wildman–Crippen MR) is 92.7 cm³/mol. The minimum Gasteiger partial charge on any atom is -0.472 e. The van der Waals surface area contributed by atoms with Gasteiger partial charge in [0.05, 0.1) is 11.8 Å². The minimum absolute atomic E-state index is 0.00597. The van der Waals surface area contributed by atoms with Crippen LogP contribution in [0.1, 0.15) is 37.0 Å². The molecule has 0 saturated carbocycles. The zero-order valence-corrected chi connectivity index (χ0v) is 15.2. The van der Waals surface area contributed by atoms with Crippen molar-refractivity contribution in [2.75, 3.05) is 40.3 Å². The van der Waals surface area contributed by atoms with Gasteiger partial charge in [-0.05, 0) is 38.4 Å². The summed E-state index contributed by atoms with van der Waals surface area (Å²) in [6, 6.07) is 1.67. The number of hydrogen-bond acceptors (Lipinski definition) is 4. The molecule has 0 spiro atoms. The third-order valence-electron chi connectivity index (χ3n) is 4.41. The highest BCUT2D eigenvalue weighted by atomic mass is 16.3. The van der Waals surface area contributed by atoms with Gasteiger partial charge in [0.2, 0.25) is 5.91 Å². The van der Waals surface area contributed by atoms with E-state index in [-0.39, 0.29) is 23.1 Å². The molecule has 24 heavy (non-hydrogen) atoms. The van der Waals surface area contributed by atoms with Crippen LogP contribution in [0.2, 0.25) is 0 Å². The van der Waals surface area contributed by atoms with E-state index < -0.39 is 0 Å². The summed E-state index contributed by atoms with van der Waals surface area (Å²) >= 11 is 0. The van der Waals surface area contributed by atoms with Crippen molar-refractivity contribution in [3.8, 4) is 0 Å². The molecule has 1 aromatic heterocycles. The fourth-order valence-electron chi connectivity index (χ4n) is 3.30. The van der Waals surface area contributed by atoms with Crippen LogP contribution in [0, 0.1) is 11.3 Å². The Balaban J connectivity index is 1.77. The van der Waals surface area contributed by atoms with Crippen molar-refractivity contribution in [1.82, 2.24) is 15.1 Å². The predicted octanol–water partition coefficient (Wildman–Crippen LogP) is 1.84. The van der Waals surface area contributed by atoms with Gasteiger partial charge in [-0.3, -0.25) is 9.59 Å². The number of likely N-dealkylation sites (tertiary alicyclic amines) is 1. The van der Waals surface area contributed by atoms with Crippen molar-refractivity contribution in [3.63, 3.8) is 0 Å². The van der Waals surface area contributed by atoms with E-state index in [1.165, 1.54) is 12.5 Å². The highest BCUT2D eigenvalue weighted by molar-refractivity contribution is 5.94.